The van der Waals surface area contributed by atoms with Gasteiger partial charge in [0.05, 0.1) is 12.3 Å². The third-order valence-corrected chi connectivity index (χ3v) is 9.15. The first-order valence-corrected chi connectivity index (χ1v) is 12.9. The molecule has 0 aromatic carbocycles. The highest BCUT2D eigenvalue weighted by molar-refractivity contribution is 7.85. The molecule has 5 atom stereocenters. The van der Waals surface area contributed by atoms with Crippen molar-refractivity contribution in [3.8, 4) is 0 Å². The first kappa shape index (κ1) is 24.4. The van der Waals surface area contributed by atoms with Crippen molar-refractivity contribution < 1.29 is 48.0 Å². The zero-order chi connectivity index (χ0) is 26.2. The Morgan fingerprint density at radius 2 is 2.00 bits per heavy atom. The van der Waals surface area contributed by atoms with Gasteiger partial charge in [0.25, 0.3) is 17.5 Å². The standard InChI is InChI=1S/C18H16ClN5O10S2/c19-10-7(22-16(20)35-10)8(23-34-17(1-2-17)14(28)29)11(26)21-9-12(27)24-13(9)36(32)4-5-3-6(25)33-18(5,24)15(30)31/h5,9,13H,1-4H2,(H2,20,22)(H,21,26)(H,28,29)(H,30,31)/b23-8-/t5-,9+,13+,18+,36?/m0/s1. The van der Waals surface area contributed by atoms with Crippen molar-refractivity contribution in [1.82, 2.24) is 15.2 Å². The number of carboxylic acids is 2. The number of anilines is 1. The van der Waals surface area contributed by atoms with Crippen LogP contribution in [-0.4, -0.2) is 88.2 Å². The number of nitrogen functional groups attached to an aromatic ring is 1. The van der Waals surface area contributed by atoms with Crippen LogP contribution in [0.4, 0.5) is 5.13 Å². The molecule has 192 valence electrons. The molecule has 1 saturated carbocycles. The first-order valence-electron chi connectivity index (χ1n) is 10.3. The van der Waals surface area contributed by atoms with Gasteiger partial charge in [-0.3, -0.25) is 23.5 Å². The molecule has 1 unspecified atom stereocenters. The third-order valence-electron chi connectivity index (χ3n) is 6.31. The minimum Gasteiger partial charge on any atom is -0.478 e. The number of β-lactam (4-membered cyclic amide) rings is 1. The molecule has 3 aliphatic heterocycles. The lowest BCUT2D eigenvalue weighted by atomic mass is 9.89. The number of halogens is 1. The lowest BCUT2D eigenvalue weighted by Gasteiger charge is -2.56. The molecule has 1 aliphatic carbocycles. The molecule has 2 amide bonds. The molecule has 18 heteroatoms. The second-order valence-corrected chi connectivity index (χ2v) is 11.7. The normalized spacial score (nSPS) is 32.0. The summed E-state index contributed by atoms with van der Waals surface area (Å²) < 4.78 is 17.9. The van der Waals surface area contributed by atoms with E-state index in [0.717, 1.165) is 11.3 Å². The number of nitrogens with two attached hydrogens (primary N) is 1. The van der Waals surface area contributed by atoms with Crippen molar-refractivity contribution in [3.05, 3.63) is 10.0 Å². The van der Waals surface area contributed by atoms with E-state index in [-0.39, 0.29) is 40.2 Å². The molecule has 5 N–H and O–H groups in total. The van der Waals surface area contributed by atoms with Crippen molar-refractivity contribution in [1.29, 1.82) is 0 Å². The summed E-state index contributed by atoms with van der Waals surface area (Å²) in [7, 11) is -1.85. The second-order valence-electron chi connectivity index (χ2n) is 8.48. The number of amides is 2. The predicted octanol–water partition coefficient (Wildman–Crippen LogP) is -1.52. The number of ether oxygens (including phenoxy) is 1. The number of carbonyl (C=O) groups is 5. The van der Waals surface area contributed by atoms with Crippen molar-refractivity contribution in [2.45, 2.75) is 42.0 Å². The van der Waals surface area contributed by atoms with E-state index in [2.05, 4.69) is 15.5 Å². The van der Waals surface area contributed by atoms with Gasteiger partial charge in [-0.25, -0.2) is 14.6 Å². The van der Waals surface area contributed by atoms with Crippen LogP contribution in [0.5, 0.6) is 0 Å². The van der Waals surface area contributed by atoms with Crippen molar-refractivity contribution in [2.75, 3.05) is 11.5 Å². The first-order chi connectivity index (χ1) is 16.9. The van der Waals surface area contributed by atoms with E-state index in [1.54, 1.807) is 0 Å². The number of esters is 1. The maximum absolute atomic E-state index is 13.2. The van der Waals surface area contributed by atoms with Gasteiger partial charge in [-0.15, -0.1) is 0 Å². The SMILES string of the molecule is Nc1nc(/C(=N/OC2(C(=O)O)CC2)C(=O)N[C@@H]2C(=O)N3[C@@H]2S(=O)C[C@@H]2CC(=O)O[C@@]23C(=O)O)c(Cl)s1. The summed E-state index contributed by atoms with van der Waals surface area (Å²) in [5.41, 5.74) is 0.863. The van der Waals surface area contributed by atoms with E-state index in [9.17, 15) is 38.4 Å². The van der Waals surface area contributed by atoms with Crippen LogP contribution < -0.4 is 11.1 Å². The number of nitrogens with zero attached hydrogens (tertiary/aromatic N) is 3. The number of fused-ring (bicyclic) bond motifs is 3. The van der Waals surface area contributed by atoms with Gasteiger partial charge in [-0.05, 0) is 0 Å². The molecule has 1 aromatic heterocycles. The summed E-state index contributed by atoms with van der Waals surface area (Å²) in [6.45, 7) is 0. The highest BCUT2D eigenvalue weighted by Crippen LogP contribution is 2.48. The summed E-state index contributed by atoms with van der Waals surface area (Å²) in [5.74, 6) is -7.05. The number of aromatic nitrogens is 1. The number of rotatable bonds is 7. The van der Waals surface area contributed by atoms with E-state index >= 15 is 0 Å². The number of oxime groups is 1. The molecule has 0 radical (unpaired) electrons. The topological polar surface area (TPSA) is 228 Å². The number of carboxylic acid groups (broad SMARTS) is 2. The monoisotopic (exact) mass is 561 g/mol. The van der Waals surface area contributed by atoms with E-state index in [1.807, 2.05) is 0 Å². The smallest absolute Gasteiger partial charge is 0.370 e. The van der Waals surface area contributed by atoms with Gasteiger partial charge in [0, 0.05) is 29.4 Å². The summed E-state index contributed by atoms with van der Waals surface area (Å²) in [6.07, 6.45) is -0.0430. The fourth-order valence-electron chi connectivity index (χ4n) is 4.35. The van der Waals surface area contributed by atoms with Gasteiger partial charge in [0.2, 0.25) is 5.60 Å². The third kappa shape index (κ3) is 3.44. The summed E-state index contributed by atoms with van der Waals surface area (Å²) in [4.78, 5) is 71.2. The van der Waals surface area contributed by atoms with Crippen molar-refractivity contribution in [3.63, 3.8) is 0 Å². The molecule has 0 bridgehead atoms. The largest absolute Gasteiger partial charge is 0.478 e. The Bertz CT molecular complexity index is 1290. The minimum atomic E-state index is -2.32. The Morgan fingerprint density at radius 1 is 1.31 bits per heavy atom. The van der Waals surface area contributed by atoms with Gasteiger partial charge in [0.15, 0.2) is 10.8 Å². The molecular weight excluding hydrogens is 546 g/mol. The summed E-state index contributed by atoms with van der Waals surface area (Å²) in [5, 5.41) is 23.7. The Balaban J connectivity index is 1.43. The van der Waals surface area contributed by atoms with Gasteiger partial charge in [-0.1, -0.05) is 28.1 Å². The summed E-state index contributed by atoms with van der Waals surface area (Å²) in [6, 6.07) is -1.47. The van der Waals surface area contributed by atoms with Crippen molar-refractivity contribution in [2.24, 2.45) is 11.1 Å². The maximum Gasteiger partial charge on any atom is 0.370 e. The van der Waals surface area contributed by atoms with Crippen LogP contribution in [0.3, 0.4) is 0 Å². The average molecular weight is 562 g/mol. The number of carbonyl (C=O) groups excluding carboxylic acids is 3. The lowest BCUT2D eigenvalue weighted by molar-refractivity contribution is -0.216. The second kappa shape index (κ2) is 8.10. The zero-order valence-electron chi connectivity index (χ0n) is 17.8. The number of aliphatic carboxylic acids is 2. The molecular formula is C18H16ClN5O10S2. The van der Waals surface area contributed by atoms with Gasteiger partial charge in [-0.2, -0.15) is 0 Å². The van der Waals surface area contributed by atoms with E-state index in [1.165, 1.54) is 0 Å². The Kier molecular flexibility index (Phi) is 5.49. The highest BCUT2D eigenvalue weighted by Gasteiger charge is 2.73. The molecule has 0 spiro atoms. The molecule has 4 aliphatic rings. The van der Waals surface area contributed by atoms with Gasteiger partial charge < -0.3 is 30.8 Å². The van der Waals surface area contributed by atoms with E-state index < -0.39 is 74.9 Å². The number of hydrogen-bond acceptors (Lipinski definition) is 12. The molecule has 3 saturated heterocycles. The molecule has 4 fully saturated rings. The molecule has 36 heavy (non-hydrogen) atoms. The molecule has 1 aromatic rings. The van der Waals surface area contributed by atoms with Crippen LogP contribution in [0.15, 0.2) is 5.16 Å². The fraction of sp³-hybridized carbons (Fsp3) is 0.500. The van der Waals surface area contributed by atoms with Gasteiger partial charge >= 0.3 is 17.9 Å². The highest BCUT2D eigenvalue weighted by atomic mass is 35.5. The average Bonchev–Trinajstić information content (AvgIpc) is 3.41. The molecule has 5 rings (SSSR count). The van der Waals surface area contributed by atoms with E-state index in [4.69, 9.17) is 26.9 Å². The Hall–Kier alpha value is -3.31. The lowest BCUT2D eigenvalue weighted by Crippen LogP contribution is -2.83. The fourth-order valence-corrected chi connectivity index (χ4v) is 7.20. The Morgan fingerprint density at radius 3 is 2.56 bits per heavy atom. The zero-order valence-corrected chi connectivity index (χ0v) is 20.2. The minimum absolute atomic E-state index is 0.0355. The van der Waals surface area contributed by atoms with E-state index in [0.29, 0.717) is 4.90 Å². The maximum atomic E-state index is 13.2. The number of thiazole rings is 1. The molecule has 4 heterocycles. The van der Waals surface area contributed by atoms with Crippen LogP contribution >= 0.6 is 22.9 Å². The quantitative estimate of drug-likeness (QED) is 0.129. The van der Waals surface area contributed by atoms with Crippen LogP contribution in [0.1, 0.15) is 25.0 Å². The van der Waals surface area contributed by atoms with Gasteiger partial charge in [0.1, 0.15) is 21.4 Å². The predicted molar refractivity (Wildman–Crippen MR) is 119 cm³/mol. The Labute approximate surface area is 212 Å². The van der Waals surface area contributed by atoms with Crippen LogP contribution in [0.2, 0.25) is 4.34 Å². The van der Waals surface area contributed by atoms with Crippen LogP contribution in [-0.2, 0) is 44.3 Å². The summed E-state index contributed by atoms with van der Waals surface area (Å²) >= 11 is 6.90. The van der Waals surface area contributed by atoms with Crippen LogP contribution in [0, 0.1) is 5.92 Å². The van der Waals surface area contributed by atoms with Crippen molar-refractivity contribution >= 4 is 74.3 Å². The number of hydrogen-bond donors (Lipinski definition) is 4. The molecule has 15 nitrogen and oxygen atoms in total. The number of nitrogens with one attached hydrogen (secondary N) is 1. The van der Waals surface area contributed by atoms with Crippen LogP contribution in [0.25, 0.3) is 0 Å².